The van der Waals surface area contributed by atoms with E-state index in [4.69, 9.17) is 28.7 Å². The molecule has 0 aliphatic heterocycles. The Hall–Kier alpha value is -8.15. The first-order chi connectivity index (χ1) is 36.6. The highest BCUT2D eigenvalue weighted by atomic mass is 16.4. The highest BCUT2D eigenvalue weighted by Crippen LogP contribution is 2.12. The Bertz CT molecular complexity index is 2270. The number of aromatic hydroxyl groups is 1. The number of hydrogen-bond acceptors (Lipinski definition) is 21. The molecule has 34 heteroatoms. The summed E-state index contributed by atoms with van der Waals surface area (Å²) in [5.41, 5.74) is 27.0. The minimum absolute atomic E-state index is 0.153. The van der Waals surface area contributed by atoms with Crippen LogP contribution >= 0.6 is 0 Å². The molecule has 436 valence electrons. The van der Waals surface area contributed by atoms with Gasteiger partial charge in [-0.15, -0.1) is 0 Å². The van der Waals surface area contributed by atoms with Gasteiger partial charge in [-0.1, -0.05) is 18.6 Å². The smallest absolute Gasteiger partial charge is 0.326 e. The van der Waals surface area contributed by atoms with Crippen LogP contribution in [-0.2, 0) is 68.7 Å². The summed E-state index contributed by atoms with van der Waals surface area (Å²) >= 11 is 0. The Kier molecular flexibility index (Phi) is 30.0. The molecular weight excluding hydrogens is 1040 g/mol. The Labute approximate surface area is 444 Å². The Morgan fingerprint density at radius 2 is 0.833 bits per heavy atom. The third-order valence-corrected chi connectivity index (χ3v) is 11.0. The van der Waals surface area contributed by atoms with Gasteiger partial charge in [-0.2, -0.15) is 0 Å². The van der Waals surface area contributed by atoms with E-state index in [1.54, 1.807) is 0 Å². The molecule has 11 atom stereocenters. The molecular formula is C44H70N14O20. The molecule has 0 aromatic heterocycles. The van der Waals surface area contributed by atoms with Crippen LogP contribution < -0.4 is 76.5 Å². The molecule has 26 N–H and O–H groups in total. The number of aliphatic carboxylic acids is 1. The first kappa shape index (κ1) is 67.9. The third-order valence-electron chi connectivity index (χ3n) is 11.0. The number of aliphatic hydroxyl groups excluding tert-OH is 5. The molecule has 0 spiro atoms. The number of carboxylic acid groups (broad SMARTS) is 1. The minimum Gasteiger partial charge on any atom is -0.508 e. The lowest BCUT2D eigenvalue weighted by molar-refractivity contribution is -0.143. The van der Waals surface area contributed by atoms with E-state index in [0.717, 1.165) is 6.92 Å². The summed E-state index contributed by atoms with van der Waals surface area (Å²) in [5.74, 6) is -16.5. The highest BCUT2D eigenvalue weighted by molar-refractivity contribution is 6.00. The van der Waals surface area contributed by atoms with Gasteiger partial charge in [0, 0.05) is 12.8 Å². The van der Waals surface area contributed by atoms with Gasteiger partial charge >= 0.3 is 5.97 Å². The number of benzene rings is 1. The van der Waals surface area contributed by atoms with Crippen LogP contribution in [-0.4, -0.2) is 212 Å². The van der Waals surface area contributed by atoms with Crippen molar-refractivity contribution in [3.8, 4) is 5.75 Å². The van der Waals surface area contributed by atoms with Crippen molar-refractivity contribution < 1.29 is 98.1 Å². The maximum Gasteiger partial charge on any atom is 0.326 e. The lowest BCUT2D eigenvalue weighted by Crippen LogP contribution is -2.63. The molecule has 0 saturated carbocycles. The second kappa shape index (κ2) is 34.5. The number of phenolic OH excluding ortho intramolecular Hbond substituents is 1. The van der Waals surface area contributed by atoms with Crippen LogP contribution in [0.4, 0.5) is 0 Å². The Balaban J connectivity index is 3.29. The van der Waals surface area contributed by atoms with Crippen LogP contribution in [0.25, 0.3) is 0 Å². The van der Waals surface area contributed by atoms with Crippen molar-refractivity contribution in [3.05, 3.63) is 29.8 Å². The van der Waals surface area contributed by atoms with Gasteiger partial charge < -0.3 is 112 Å². The number of unbranched alkanes of at least 4 members (excludes halogenated alkanes) is 1. The van der Waals surface area contributed by atoms with Gasteiger partial charge in [0.2, 0.25) is 70.9 Å². The van der Waals surface area contributed by atoms with E-state index in [2.05, 4.69) is 21.3 Å². The molecule has 0 aliphatic rings. The average Bonchev–Trinajstić information content (AvgIpc) is 3.37. The number of carboxylic acids is 1. The van der Waals surface area contributed by atoms with Crippen LogP contribution in [0.3, 0.4) is 0 Å². The Morgan fingerprint density at radius 1 is 0.474 bits per heavy atom. The number of carbonyl (C=O) groups excluding carboxylic acids is 12. The lowest BCUT2D eigenvalue weighted by atomic mass is 10.0. The zero-order valence-corrected chi connectivity index (χ0v) is 42.2. The van der Waals surface area contributed by atoms with Crippen LogP contribution in [0.1, 0.15) is 57.4 Å². The SMILES string of the molecule is C[C@@H](O)[C@H](NC(=O)[C@H](CO)NC(=O)[C@H](CC(N)=O)NC(=O)[C@@H](N)CCCCN)C(=O)N[C@@H](CO)C(=O)N[C@@H](CO)C(=O)N[C@@H](Cc1ccc(O)cc1)C(=O)N[C@@H](CO)C(=O)N[C@@H](CC(N)=O)C(=O)N[C@@H](CCC(N)=O)C(=O)O. The van der Waals surface area contributed by atoms with Gasteiger partial charge in [-0.25, -0.2) is 4.79 Å². The number of nitrogens with two attached hydrogens (primary N) is 5. The van der Waals surface area contributed by atoms with Gasteiger partial charge in [-0.3, -0.25) is 57.5 Å². The summed E-state index contributed by atoms with van der Waals surface area (Å²) in [6, 6.07) is -13.3. The van der Waals surface area contributed by atoms with E-state index in [1.165, 1.54) is 24.3 Å². The maximum atomic E-state index is 13.8. The van der Waals surface area contributed by atoms with Gasteiger partial charge in [0.1, 0.15) is 60.1 Å². The molecule has 0 heterocycles. The first-order valence-corrected chi connectivity index (χ1v) is 23.8. The van der Waals surface area contributed by atoms with Crippen molar-refractivity contribution in [1.82, 2.24) is 47.9 Å². The van der Waals surface area contributed by atoms with Crippen LogP contribution in [0.15, 0.2) is 24.3 Å². The second-order valence-electron chi connectivity index (χ2n) is 17.4. The van der Waals surface area contributed by atoms with E-state index < -0.39 is 202 Å². The molecule has 0 aliphatic carbocycles. The molecule has 12 amide bonds. The van der Waals surface area contributed by atoms with Crippen molar-refractivity contribution >= 4 is 76.9 Å². The largest absolute Gasteiger partial charge is 0.508 e. The van der Waals surface area contributed by atoms with Gasteiger partial charge in [-0.05, 0) is 50.4 Å². The second-order valence-corrected chi connectivity index (χ2v) is 17.4. The normalized spacial score (nSPS) is 15.2. The molecule has 0 radical (unpaired) electrons. The van der Waals surface area contributed by atoms with E-state index in [-0.39, 0.29) is 17.7 Å². The summed E-state index contributed by atoms with van der Waals surface area (Å²) in [7, 11) is 0. The van der Waals surface area contributed by atoms with Crippen molar-refractivity contribution in [3.63, 3.8) is 0 Å². The highest BCUT2D eigenvalue weighted by Gasteiger charge is 2.37. The zero-order chi connectivity index (χ0) is 59.4. The molecule has 0 saturated heterocycles. The number of rotatable bonds is 37. The van der Waals surface area contributed by atoms with Crippen molar-refractivity contribution in [1.29, 1.82) is 0 Å². The van der Waals surface area contributed by atoms with Crippen LogP contribution in [0, 0.1) is 0 Å². The maximum absolute atomic E-state index is 13.8. The number of primary amides is 3. The third kappa shape index (κ3) is 24.2. The zero-order valence-electron chi connectivity index (χ0n) is 42.2. The number of phenols is 1. The van der Waals surface area contributed by atoms with Crippen molar-refractivity contribution in [2.24, 2.45) is 28.7 Å². The fraction of sp³-hybridized carbons (Fsp3) is 0.568. The van der Waals surface area contributed by atoms with Crippen molar-refractivity contribution in [2.45, 2.75) is 125 Å². The van der Waals surface area contributed by atoms with Gasteiger partial charge in [0.25, 0.3) is 0 Å². The first-order valence-electron chi connectivity index (χ1n) is 23.8. The fourth-order valence-corrected chi connectivity index (χ4v) is 6.69. The van der Waals surface area contributed by atoms with Gasteiger partial charge in [0.05, 0.1) is 51.4 Å². The van der Waals surface area contributed by atoms with Crippen molar-refractivity contribution in [2.75, 3.05) is 33.0 Å². The van der Waals surface area contributed by atoms with E-state index >= 15 is 0 Å². The summed E-state index contributed by atoms with van der Waals surface area (Å²) in [6.07, 6.45) is -3.87. The summed E-state index contributed by atoms with van der Waals surface area (Å²) in [5, 5.41) is 88.8. The standard InChI is InChI=1S/C44H70N14O20/c1-19(63)34(58-42(75)30(18-62)55-38(71)25(13-32(48)66)51-35(68)22(46)4-2-3-11-45)43(76)57-29(17-61)41(74)56-28(16-60)39(72)52-24(12-20-5-7-21(64)8-6-20)36(69)54-27(15-59)40(73)53-26(14-33(49)67)37(70)50-23(44(77)78)9-10-31(47)65/h5-8,19,22-30,34,59-64H,2-4,9-18,45-46H2,1H3,(H2,47,65)(H2,48,66)(H2,49,67)(H,50,70)(H,51,68)(H,52,72)(H,53,73)(H,54,69)(H,55,71)(H,56,74)(H,57,76)(H,58,75)(H,77,78)/t19-,22+,23+,24+,25+,26+,27+,28+,29+,30+,34+/m1/s1. The van der Waals surface area contributed by atoms with Gasteiger partial charge in [0.15, 0.2) is 0 Å². The molecule has 1 rings (SSSR count). The number of carbonyl (C=O) groups is 13. The average molecular weight is 1120 g/mol. The molecule has 1 aromatic carbocycles. The van der Waals surface area contributed by atoms with E-state index in [0.29, 0.717) is 19.4 Å². The number of amides is 12. The summed E-state index contributed by atoms with van der Waals surface area (Å²) in [4.78, 5) is 166. The number of hydrogen-bond donors (Lipinski definition) is 21. The summed E-state index contributed by atoms with van der Waals surface area (Å²) in [6.45, 7) is -3.56. The van der Waals surface area contributed by atoms with Crippen LogP contribution in [0.2, 0.25) is 0 Å². The monoisotopic (exact) mass is 1110 g/mol. The molecule has 0 bridgehead atoms. The molecule has 0 fully saturated rings. The van der Waals surface area contributed by atoms with E-state index in [9.17, 15) is 98.1 Å². The van der Waals surface area contributed by atoms with E-state index in [1.807, 2.05) is 26.6 Å². The Morgan fingerprint density at radius 3 is 1.22 bits per heavy atom. The topological polar surface area (TPSA) is 602 Å². The quantitative estimate of drug-likeness (QED) is 0.0275. The minimum atomic E-state index is -2.03. The number of nitrogens with one attached hydrogen (secondary N) is 9. The summed E-state index contributed by atoms with van der Waals surface area (Å²) < 4.78 is 0. The molecule has 78 heavy (non-hydrogen) atoms. The van der Waals surface area contributed by atoms with Crippen LogP contribution in [0.5, 0.6) is 5.75 Å². The predicted octanol–water partition coefficient (Wildman–Crippen LogP) is -11.8. The lowest BCUT2D eigenvalue weighted by Gasteiger charge is -2.27. The molecule has 0 unspecified atom stereocenters. The predicted molar refractivity (Wildman–Crippen MR) is 264 cm³/mol. The fourth-order valence-electron chi connectivity index (χ4n) is 6.69. The molecule has 34 nitrogen and oxygen atoms in total. The molecule has 1 aromatic rings. The number of aliphatic hydroxyl groups is 5.